The third-order valence-corrected chi connectivity index (χ3v) is 31.6. The van der Waals surface area contributed by atoms with Crippen LogP contribution in [0.3, 0.4) is 0 Å². The van der Waals surface area contributed by atoms with Crippen molar-refractivity contribution in [3.8, 4) is 82.2 Å². The number of halogens is 2. The van der Waals surface area contributed by atoms with E-state index in [2.05, 4.69) is 126 Å². The predicted molar refractivity (Wildman–Crippen MR) is 464 cm³/mol. The van der Waals surface area contributed by atoms with Gasteiger partial charge in [0.2, 0.25) is 0 Å². The molecule has 2 atom stereocenters. The van der Waals surface area contributed by atoms with Crippen LogP contribution in [0.15, 0.2) is 97.1 Å². The van der Waals surface area contributed by atoms with Crippen LogP contribution >= 0.6 is 114 Å². The summed E-state index contributed by atoms with van der Waals surface area (Å²) in [5, 5.41) is 2.33. The lowest BCUT2D eigenvalue weighted by molar-refractivity contribution is 0.402. The highest BCUT2D eigenvalue weighted by molar-refractivity contribution is 7.30. The van der Waals surface area contributed by atoms with Gasteiger partial charge in [0.25, 0.3) is 0 Å². The van der Waals surface area contributed by atoms with Gasteiger partial charge in [-0.2, -0.15) is 17.5 Å². The van der Waals surface area contributed by atoms with Crippen LogP contribution in [-0.4, -0.2) is 17.5 Å². The maximum absolute atomic E-state index is 17.5. The number of benzene rings is 3. The average Bonchev–Trinajstić information content (AvgIpc) is 1.55. The van der Waals surface area contributed by atoms with E-state index < -0.39 is 0 Å². The molecule has 0 bridgehead atoms. The molecule has 2 unspecified atom stereocenters. The van der Waals surface area contributed by atoms with Crippen LogP contribution in [0, 0.1) is 37.3 Å². The zero-order chi connectivity index (χ0) is 71.7. The number of unbranched alkanes of at least 4 members (excludes halogenated alkanes) is 24. The van der Waals surface area contributed by atoms with Crippen LogP contribution in [0.1, 0.15) is 253 Å². The van der Waals surface area contributed by atoms with Crippen molar-refractivity contribution in [3.63, 3.8) is 0 Å². The standard InChI is InChI=1S/C88H104F2N4S10/c1-7-11-15-19-23-25-29-33-37-59(35-31-27-21-17-13-9-3)52-61-40-43-69(97-61)63-54-67(89)81(85-83(63)91-103-93-85)76-49-47-74(100-76)79-65-51-58(6)96-87(65)80(66-56-78(102-88(66)79)73-46-45-72(99-73)71-42-39-57(5)95-71)75-48-50-77(101-75)82-68(90)55-64(84-86(82)94-104-92-84)70-44-41-62(98-70)53-60(36-32-28-22-18-14-10-4)38-34-30-26-24-20-16-12-8-2/h39-51,54-56,59-60H,7-38,52-53H2,1-6H3. The van der Waals surface area contributed by atoms with E-state index >= 15 is 8.78 Å². The number of nitrogens with zero attached hydrogens (tertiary/aromatic N) is 4. The summed E-state index contributed by atoms with van der Waals surface area (Å²) in [5.41, 5.74) is 7.83. The largest absolute Gasteiger partial charge is 0.206 e. The van der Waals surface area contributed by atoms with Gasteiger partial charge in [-0.1, -0.05) is 233 Å². The average molecular weight is 1580 g/mol. The van der Waals surface area contributed by atoms with Crippen molar-refractivity contribution in [1.29, 1.82) is 0 Å². The lowest BCUT2D eigenvalue weighted by Crippen LogP contribution is -2.04. The Morgan fingerprint density at radius 3 is 1.05 bits per heavy atom. The summed E-state index contributed by atoms with van der Waals surface area (Å²) in [7, 11) is 0. The van der Waals surface area contributed by atoms with Crippen molar-refractivity contribution < 1.29 is 8.78 Å². The molecule has 0 aliphatic carbocycles. The summed E-state index contributed by atoms with van der Waals surface area (Å²) in [6.45, 7) is 13.6. The summed E-state index contributed by atoms with van der Waals surface area (Å²) in [6.07, 6.45) is 44.8. The first-order valence-electron chi connectivity index (χ1n) is 39.5. The van der Waals surface area contributed by atoms with Gasteiger partial charge in [0.1, 0.15) is 33.7 Å². The Labute approximate surface area is 658 Å². The van der Waals surface area contributed by atoms with Gasteiger partial charge in [-0.15, -0.1) is 90.7 Å². The maximum Gasteiger partial charge on any atom is 0.134 e. The molecule has 0 fully saturated rings. The van der Waals surface area contributed by atoms with E-state index in [0.717, 1.165) is 80.8 Å². The highest BCUT2D eigenvalue weighted by atomic mass is 32.1. The topological polar surface area (TPSA) is 51.6 Å². The van der Waals surface area contributed by atoms with Gasteiger partial charge in [0.05, 0.1) is 34.6 Å². The highest BCUT2D eigenvalue weighted by Crippen LogP contribution is 2.56. The fourth-order valence-electron chi connectivity index (χ4n) is 15.6. The molecule has 0 aliphatic heterocycles. The van der Waals surface area contributed by atoms with Crippen molar-refractivity contribution >= 4 is 156 Å². The van der Waals surface area contributed by atoms with Crippen molar-refractivity contribution in [2.24, 2.45) is 11.8 Å². The highest BCUT2D eigenvalue weighted by Gasteiger charge is 2.29. The first-order chi connectivity index (χ1) is 51.1. The molecular weight excluding hydrogens is 1470 g/mol. The van der Waals surface area contributed by atoms with Crippen molar-refractivity contribution in [3.05, 3.63) is 128 Å². The normalized spacial score (nSPS) is 12.7. The first kappa shape index (κ1) is 77.4. The van der Waals surface area contributed by atoms with Crippen LogP contribution < -0.4 is 0 Å². The Morgan fingerprint density at radius 2 is 0.625 bits per heavy atom. The Balaban J connectivity index is 0.794. The van der Waals surface area contributed by atoms with E-state index in [1.165, 1.54) is 283 Å². The van der Waals surface area contributed by atoms with Crippen LogP contribution in [0.25, 0.3) is 124 Å². The molecule has 104 heavy (non-hydrogen) atoms. The minimum Gasteiger partial charge on any atom is -0.206 e. The summed E-state index contributed by atoms with van der Waals surface area (Å²) in [5.74, 6) is 0.804. The maximum atomic E-state index is 17.5. The Hall–Kier alpha value is -4.72. The predicted octanol–water partition coefficient (Wildman–Crippen LogP) is 33.6. The molecule has 10 heterocycles. The molecule has 0 saturated heterocycles. The third-order valence-electron chi connectivity index (χ3n) is 21.3. The fourth-order valence-corrected chi connectivity index (χ4v) is 25.8. The van der Waals surface area contributed by atoms with Gasteiger partial charge in [-0.3, -0.25) is 0 Å². The molecule has 3 aromatic carbocycles. The van der Waals surface area contributed by atoms with E-state index in [0.29, 0.717) is 34.0 Å². The zero-order valence-corrected chi connectivity index (χ0v) is 70.2. The summed E-state index contributed by atoms with van der Waals surface area (Å²) in [6, 6.07) is 34.9. The van der Waals surface area contributed by atoms with E-state index in [4.69, 9.17) is 17.5 Å². The summed E-state index contributed by atoms with van der Waals surface area (Å²) >= 11 is 16.6. The van der Waals surface area contributed by atoms with Crippen LogP contribution in [0.4, 0.5) is 8.78 Å². The second-order valence-electron chi connectivity index (χ2n) is 29.4. The summed E-state index contributed by atoms with van der Waals surface area (Å²) in [4.78, 5) is 16.2. The molecule has 0 spiro atoms. The second kappa shape index (κ2) is 38.6. The van der Waals surface area contributed by atoms with Gasteiger partial charge in [0.15, 0.2) is 0 Å². The Kier molecular flexibility index (Phi) is 28.7. The third kappa shape index (κ3) is 19.1. The number of aryl methyl sites for hydroxylation is 2. The molecule has 550 valence electrons. The van der Waals surface area contributed by atoms with Gasteiger partial charge in [0, 0.05) is 111 Å². The van der Waals surface area contributed by atoms with Crippen LogP contribution in [0.2, 0.25) is 0 Å². The lowest BCUT2D eigenvalue weighted by atomic mass is 9.91. The van der Waals surface area contributed by atoms with Gasteiger partial charge >= 0.3 is 0 Å². The molecule has 13 rings (SSSR count). The van der Waals surface area contributed by atoms with Gasteiger partial charge < -0.3 is 0 Å². The van der Waals surface area contributed by atoms with Crippen molar-refractivity contribution in [2.75, 3.05) is 0 Å². The lowest BCUT2D eigenvalue weighted by Gasteiger charge is -2.16. The molecular formula is C88H104F2N4S10. The van der Waals surface area contributed by atoms with Gasteiger partial charge in [-0.25, -0.2) is 8.78 Å². The number of fused-ring (bicyclic) bond motifs is 4. The molecule has 16 heteroatoms. The SMILES string of the molecule is CCCCCCCCCCC(CCCCCCCC)Cc1ccc(-c2cc(F)c(-c3ccc(-c4c5cc(-c6ccc(-c7ccc(C)s7)s6)sc5c(-c5ccc(-c6c(F)cc(-c7ccc(CC(CCCCCCCC)CCCCCCCCCC)s7)c7nsnc67)s5)c5cc(C)sc45)s3)c3nsnc23)s1. The van der Waals surface area contributed by atoms with Gasteiger partial charge in [-0.05, 0) is 136 Å². The molecule has 10 aromatic heterocycles. The number of hydrogen-bond acceptors (Lipinski definition) is 14. The molecule has 0 amide bonds. The van der Waals surface area contributed by atoms with E-state index in [1.807, 2.05) is 68.0 Å². The Bertz CT molecular complexity index is 4580. The number of hydrogen-bond donors (Lipinski definition) is 0. The van der Waals surface area contributed by atoms with Crippen molar-refractivity contribution in [1.82, 2.24) is 17.5 Å². The monoisotopic (exact) mass is 1570 g/mol. The van der Waals surface area contributed by atoms with Crippen LogP contribution in [0.5, 0.6) is 0 Å². The number of rotatable bonds is 44. The van der Waals surface area contributed by atoms with E-state index in [1.54, 1.807) is 34.8 Å². The molecule has 13 aromatic rings. The van der Waals surface area contributed by atoms with Crippen LogP contribution in [-0.2, 0) is 12.8 Å². The molecule has 0 radical (unpaired) electrons. The second-order valence-corrected chi connectivity index (χ2v) is 39.6. The Morgan fingerprint density at radius 1 is 0.288 bits per heavy atom. The zero-order valence-electron chi connectivity index (χ0n) is 62.1. The first-order valence-corrected chi connectivity index (χ1v) is 47.5. The smallest absolute Gasteiger partial charge is 0.134 e. The molecule has 0 N–H and O–H groups in total. The quantitative estimate of drug-likeness (QED) is 0.0357. The number of thiophene rings is 8. The minimum atomic E-state index is -0.267. The molecule has 0 saturated carbocycles. The fraction of sp³-hybridized carbons (Fsp3) is 0.477. The number of aromatic nitrogens is 4. The van der Waals surface area contributed by atoms with E-state index in [9.17, 15) is 0 Å². The van der Waals surface area contributed by atoms with E-state index in [-0.39, 0.29) is 11.6 Å². The summed E-state index contributed by atoms with van der Waals surface area (Å²) < 4.78 is 57.0. The minimum absolute atomic E-state index is 0.267. The molecule has 4 nitrogen and oxygen atoms in total. The molecule has 0 aliphatic rings. The van der Waals surface area contributed by atoms with Crippen molar-refractivity contribution in [2.45, 2.75) is 260 Å².